The number of benzene rings is 2. The molecule has 0 amide bonds. The molecular formula is C24H15N7. The standard InChI is InChI=1S/C24H15N7/c1-3-15(17-7-9-25-19(17)5-1)21-11-14-12-22(16-4-2-6-20-18(16)8-10-26-20)30-24-28-13-27-23(29-21)31(14)24/h1-13,25-26H. The van der Waals surface area contributed by atoms with Crippen LogP contribution in [-0.4, -0.2) is 38.8 Å². The molecule has 0 atom stereocenters. The lowest BCUT2D eigenvalue weighted by atomic mass is 10.0. The van der Waals surface area contributed by atoms with Crippen LogP contribution in [0.4, 0.5) is 0 Å². The van der Waals surface area contributed by atoms with Crippen LogP contribution in [0.3, 0.4) is 0 Å². The molecule has 3 aliphatic heterocycles. The molecule has 3 aliphatic rings. The molecule has 0 saturated heterocycles. The van der Waals surface area contributed by atoms with Gasteiger partial charge in [-0.2, -0.15) is 0 Å². The fraction of sp³-hybridized carbons (Fsp3) is 0. The van der Waals surface area contributed by atoms with E-state index < -0.39 is 0 Å². The molecule has 7 rings (SSSR count). The fourth-order valence-corrected chi connectivity index (χ4v) is 4.35. The van der Waals surface area contributed by atoms with E-state index in [1.807, 2.05) is 29.4 Å². The second kappa shape index (κ2) is 5.99. The van der Waals surface area contributed by atoms with Crippen molar-refractivity contribution >= 4 is 51.5 Å². The van der Waals surface area contributed by atoms with E-state index in [1.165, 1.54) is 6.34 Å². The highest BCUT2D eigenvalue weighted by Crippen LogP contribution is 2.33. The molecule has 4 aromatic rings. The van der Waals surface area contributed by atoms with Crippen LogP contribution in [0.15, 0.2) is 98.7 Å². The topological polar surface area (TPSA) is 84.3 Å². The summed E-state index contributed by atoms with van der Waals surface area (Å²) in [5, 5.41) is 2.25. The highest BCUT2D eigenvalue weighted by Gasteiger charge is 2.31. The first kappa shape index (κ1) is 16.3. The van der Waals surface area contributed by atoms with Crippen LogP contribution in [-0.2, 0) is 0 Å². The van der Waals surface area contributed by atoms with E-state index >= 15 is 0 Å². The van der Waals surface area contributed by atoms with Gasteiger partial charge in [-0.15, -0.1) is 0 Å². The van der Waals surface area contributed by atoms with Gasteiger partial charge < -0.3 is 9.97 Å². The van der Waals surface area contributed by atoms with Gasteiger partial charge in [-0.05, 0) is 36.4 Å². The number of rotatable bonds is 2. The number of allylic oxidation sites excluding steroid dienone is 2. The normalized spacial score (nSPS) is 17.2. The van der Waals surface area contributed by atoms with Gasteiger partial charge in [0.05, 0.1) is 17.1 Å². The van der Waals surface area contributed by atoms with E-state index in [2.05, 4.69) is 68.5 Å². The molecule has 0 radical (unpaired) electrons. The van der Waals surface area contributed by atoms with E-state index in [9.17, 15) is 0 Å². The Balaban J connectivity index is 1.44. The lowest BCUT2D eigenvalue weighted by Crippen LogP contribution is -2.40. The summed E-state index contributed by atoms with van der Waals surface area (Å²) in [7, 11) is 0. The molecule has 146 valence electrons. The van der Waals surface area contributed by atoms with E-state index in [4.69, 9.17) is 9.98 Å². The van der Waals surface area contributed by atoms with Crippen LogP contribution in [0.25, 0.3) is 27.5 Å². The number of nitrogens with zero attached hydrogens (tertiary/aromatic N) is 5. The summed E-state index contributed by atoms with van der Waals surface area (Å²) in [5.74, 6) is 1.15. The molecule has 2 aromatic heterocycles. The fourth-order valence-electron chi connectivity index (χ4n) is 4.35. The minimum atomic E-state index is 0.573. The van der Waals surface area contributed by atoms with Crippen LogP contribution in [0.5, 0.6) is 0 Å². The van der Waals surface area contributed by atoms with Crippen molar-refractivity contribution in [3.63, 3.8) is 0 Å². The van der Waals surface area contributed by atoms with Crippen LogP contribution in [0, 0.1) is 0 Å². The largest absolute Gasteiger partial charge is 0.361 e. The lowest BCUT2D eigenvalue weighted by Gasteiger charge is -2.31. The number of hydrogen-bond acceptors (Lipinski definition) is 5. The minimum absolute atomic E-state index is 0.573. The van der Waals surface area contributed by atoms with E-state index in [0.29, 0.717) is 11.9 Å². The smallest absolute Gasteiger partial charge is 0.239 e. The Morgan fingerprint density at radius 3 is 2.26 bits per heavy atom. The molecule has 0 fully saturated rings. The number of nitrogens with one attached hydrogen (secondary N) is 2. The quantitative estimate of drug-likeness (QED) is 0.511. The first-order valence-electron chi connectivity index (χ1n) is 9.99. The monoisotopic (exact) mass is 401 g/mol. The zero-order valence-electron chi connectivity index (χ0n) is 16.2. The third-order valence-corrected chi connectivity index (χ3v) is 5.76. The third-order valence-electron chi connectivity index (χ3n) is 5.76. The molecular weight excluding hydrogens is 386 g/mol. The Hall–Kier alpha value is -4.52. The van der Waals surface area contributed by atoms with Crippen molar-refractivity contribution in [1.82, 2.24) is 14.9 Å². The van der Waals surface area contributed by atoms with Crippen LogP contribution in [0.2, 0.25) is 0 Å². The first-order valence-corrected chi connectivity index (χ1v) is 9.99. The predicted octanol–water partition coefficient (Wildman–Crippen LogP) is 4.45. The summed E-state index contributed by atoms with van der Waals surface area (Å²) in [5.41, 5.74) is 6.94. The molecule has 0 spiro atoms. The molecule has 0 saturated carbocycles. The zero-order valence-corrected chi connectivity index (χ0v) is 16.2. The average Bonchev–Trinajstić information content (AvgIpc) is 3.48. The van der Waals surface area contributed by atoms with Crippen LogP contribution >= 0.6 is 0 Å². The summed E-state index contributed by atoms with van der Waals surface area (Å²) in [4.78, 5) is 26.9. The Labute approximate surface area is 176 Å². The second-order valence-corrected chi connectivity index (χ2v) is 7.51. The molecule has 7 nitrogen and oxygen atoms in total. The average molecular weight is 401 g/mol. The second-order valence-electron chi connectivity index (χ2n) is 7.51. The van der Waals surface area contributed by atoms with Crippen molar-refractivity contribution in [1.29, 1.82) is 0 Å². The number of aliphatic imine (C=N–C) groups is 4. The van der Waals surface area contributed by atoms with Gasteiger partial charge in [0.1, 0.15) is 6.34 Å². The number of hydrogen-bond donors (Lipinski definition) is 2. The number of aromatic nitrogens is 2. The van der Waals surface area contributed by atoms with E-state index in [0.717, 1.165) is 50.0 Å². The van der Waals surface area contributed by atoms with E-state index in [1.54, 1.807) is 0 Å². The van der Waals surface area contributed by atoms with Crippen molar-refractivity contribution in [2.75, 3.05) is 0 Å². The predicted molar refractivity (Wildman–Crippen MR) is 124 cm³/mol. The van der Waals surface area contributed by atoms with Gasteiger partial charge in [-0.25, -0.2) is 24.9 Å². The molecule has 0 unspecified atom stereocenters. The van der Waals surface area contributed by atoms with Crippen LogP contribution in [0.1, 0.15) is 11.1 Å². The summed E-state index contributed by atoms with van der Waals surface area (Å²) in [6.07, 6.45) is 9.57. The van der Waals surface area contributed by atoms with Crippen molar-refractivity contribution in [2.24, 2.45) is 20.0 Å². The third kappa shape index (κ3) is 2.34. The molecule has 31 heavy (non-hydrogen) atoms. The Kier molecular flexibility index (Phi) is 3.15. The van der Waals surface area contributed by atoms with Crippen LogP contribution < -0.4 is 0 Å². The Morgan fingerprint density at radius 1 is 0.710 bits per heavy atom. The number of H-pyrrole nitrogens is 2. The number of fused-ring (bicyclic) bond motifs is 2. The molecule has 0 aliphatic carbocycles. The highest BCUT2D eigenvalue weighted by atomic mass is 15.4. The molecule has 5 heterocycles. The molecule has 2 N–H and O–H groups in total. The minimum Gasteiger partial charge on any atom is -0.361 e. The summed E-state index contributed by atoms with van der Waals surface area (Å²) in [6, 6.07) is 16.5. The SMILES string of the molecule is C1=NC2=NC(c3cccc4[nH]ccc34)=CC3=CC(c4cccc5[nH]ccc45)=NC(=N1)N32. The van der Waals surface area contributed by atoms with Crippen molar-refractivity contribution in [3.05, 3.63) is 89.9 Å². The van der Waals surface area contributed by atoms with Gasteiger partial charge in [0.15, 0.2) is 0 Å². The summed E-state index contributed by atoms with van der Waals surface area (Å²) < 4.78 is 0. The van der Waals surface area contributed by atoms with Gasteiger partial charge in [-0.3, -0.25) is 0 Å². The van der Waals surface area contributed by atoms with Gasteiger partial charge in [0.25, 0.3) is 0 Å². The molecule has 2 aromatic carbocycles. The summed E-state index contributed by atoms with van der Waals surface area (Å²) in [6.45, 7) is 0. The maximum absolute atomic E-state index is 4.82. The maximum atomic E-state index is 4.82. The van der Waals surface area contributed by atoms with Crippen molar-refractivity contribution in [2.45, 2.75) is 0 Å². The molecule has 0 bridgehead atoms. The van der Waals surface area contributed by atoms with Crippen molar-refractivity contribution < 1.29 is 0 Å². The first-order chi connectivity index (χ1) is 15.3. The lowest BCUT2D eigenvalue weighted by molar-refractivity contribution is 0.738. The number of aromatic amines is 2. The van der Waals surface area contributed by atoms with Gasteiger partial charge in [-0.1, -0.05) is 24.3 Å². The van der Waals surface area contributed by atoms with Gasteiger partial charge in [0.2, 0.25) is 11.9 Å². The van der Waals surface area contributed by atoms with E-state index in [-0.39, 0.29) is 0 Å². The van der Waals surface area contributed by atoms with Gasteiger partial charge in [0, 0.05) is 45.3 Å². The Bertz CT molecular complexity index is 1510. The number of guanidine groups is 2. The van der Waals surface area contributed by atoms with Gasteiger partial charge >= 0.3 is 0 Å². The van der Waals surface area contributed by atoms with Crippen molar-refractivity contribution in [3.8, 4) is 0 Å². The maximum Gasteiger partial charge on any atom is 0.239 e. The Morgan fingerprint density at radius 2 is 1.45 bits per heavy atom. The zero-order chi connectivity index (χ0) is 20.4. The highest BCUT2D eigenvalue weighted by molar-refractivity contribution is 6.25. The summed E-state index contributed by atoms with van der Waals surface area (Å²) >= 11 is 0. The molecule has 7 heteroatoms.